The Morgan fingerprint density at radius 1 is 0.727 bits per heavy atom. The van der Waals surface area contributed by atoms with Gasteiger partial charge in [0.25, 0.3) is 0 Å². The van der Waals surface area contributed by atoms with Crippen molar-refractivity contribution in [1.82, 2.24) is 0 Å². The van der Waals surface area contributed by atoms with Crippen LogP contribution >= 0.6 is 0 Å². The van der Waals surface area contributed by atoms with E-state index in [4.69, 9.17) is 18.9 Å². The van der Waals surface area contributed by atoms with Crippen molar-refractivity contribution in [1.29, 1.82) is 0 Å². The molecule has 0 bridgehead atoms. The van der Waals surface area contributed by atoms with Gasteiger partial charge in [0.2, 0.25) is 0 Å². The van der Waals surface area contributed by atoms with Gasteiger partial charge in [0, 0.05) is 13.5 Å². The first-order chi connectivity index (χ1) is 21.4. The number of unbranched alkanes of at least 4 members (excludes halogenated alkanes) is 12. The summed E-state index contributed by atoms with van der Waals surface area (Å²) >= 11 is 0. The van der Waals surface area contributed by atoms with Crippen molar-refractivity contribution >= 4 is 5.97 Å². The van der Waals surface area contributed by atoms with E-state index in [2.05, 4.69) is 43.4 Å². The van der Waals surface area contributed by atoms with Crippen LogP contribution in [0.25, 0.3) is 0 Å². The number of aliphatic hydroxyl groups is 4. The molecule has 0 amide bonds. The maximum Gasteiger partial charge on any atom is 0.303 e. The molecule has 0 aromatic heterocycles. The van der Waals surface area contributed by atoms with Crippen molar-refractivity contribution in [2.45, 2.75) is 153 Å². The van der Waals surface area contributed by atoms with Crippen LogP contribution in [0.3, 0.4) is 0 Å². The van der Waals surface area contributed by atoms with Crippen molar-refractivity contribution in [3.63, 3.8) is 0 Å². The molecule has 0 radical (unpaired) electrons. The van der Waals surface area contributed by atoms with Crippen LogP contribution in [0.5, 0.6) is 0 Å². The molecule has 1 heterocycles. The Balaban J connectivity index is 2.01. The molecule has 44 heavy (non-hydrogen) atoms. The van der Waals surface area contributed by atoms with Gasteiger partial charge in [-0.3, -0.25) is 4.79 Å². The largest absolute Gasteiger partial charge is 0.458 e. The minimum Gasteiger partial charge on any atom is -0.458 e. The number of ether oxygens (including phenoxy) is 4. The highest BCUT2D eigenvalue weighted by atomic mass is 16.7. The number of esters is 1. The first-order valence-corrected chi connectivity index (χ1v) is 17.0. The Labute approximate surface area is 266 Å². The van der Waals surface area contributed by atoms with Crippen LogP contribution in [-0.2, 0) is 23.7 Å². The van der Waals surface area contributed by atoms with Crippen LogP contribution in [-0.4, -0.2) is 89.6 Å². The van der Waals surface area contributed by atoms with E-state index in [1.165, 1.54) is 71.1 Å². The number of hydrogen-bond donors (Lipinski definition) is 4. The van der Waals surface area contributed by atoms with Crippen molar-refractivity contribution in [2.75, 3.05) is 26.4 Å². The Hall–Kier alpha value is -1.59. The van der Waals surface area contributed by atoms with Gasteiger partial charge in [-0.1, -0.05) is 101 Å². The van der Waals surface area contributed by atoms with Crippen molar-refractivity contribution in [2.24, 2.45) is 0 Å². The molecular formula is C35H62O9. The molecule has 1 fully saturated rings. The summed E-state index contributed by atoms with van der Waals surface area (Å²) in [5.41, 5.74) is 0. The van der Waals surface area contributed by atoms with Crippen LogP contribution in [0.2, 0.25) is 0 Å². The second-order valence-electron chi connectivity index (χ2n) is 11.7. The number of rotatable bonds is 27. The van der Waals surface area contributed by atoms with E-state index in [0.717, 1.165) is 38.5 Å². The van der Waals surface area contributed by atoms with E-state index in [-0.39, 0.29) is 13.2 Å². The van der Waals surface area contributed by atoms with E-state index >= 15 is 0 Å². The monoisotopic (exact) mass is 626 g/mol. The van der Waals surface area contributed by atoms with Crippen LogP contribution < -0.4 is 0 Å². The molecule has 0 saturated carbocycles. The lowest BCUT2D eigenvalue weighted by atomic mass is 9.99. The minimum atomic E-state index is -1.53. The van der Waals surface area contributed by atoms with Gasteiger partial charge in [0.1, 0.15) is 30.5 Å². The van der Waals surface area contributed by atoms with Crippen LogP contribution in [0.1, 0.15) is 117 Å². The third kappa shape index (κ3) is 20.4. The second-order valence-corrected chi connectivity index (χ2v) is 11.7. The second kappa shape index (κ2) is 27.7. The first kappa shape index (κ1) is 40.4. The number of hydrogen-bond acceptors (Lipinski definition) is 9. The van der Waals surface area contributed by atoms with Crippen LogP contribution in [0, 0.1) is 0 Å². The highest BCUT2D eigenvalue weighted by Gasteiger charge is 2.44. The van der Waals surface area contributed by atoms with Gasteiger partial charge in [0.15, 0.2) is 6.29 Å². The number of carbonyl (C=O) groups is 1. The van der Waals surface area contributed by atoms with Gasteiger partial charge >= 0.3 is 5.97 Å². The molecule has 0 aliphatic carbocycles. The molecule has 0 spiro atoms. The van der Waals surface area contributed by atoms with Gasteiger partial charge in [-0.2, -0.15) is 0 Å². The van der Waals surface area contributed by atoms with Gasteiger partial charge < -0.3 is 39.4 Å². The normalized spacial score (nSPS) is 23.3. The standard InChI is InChI=1S/C35H62O9/c1-3-4-5-6-7-8-9-10-11-12-13-14-15-16-17-18-19-20-21-22-23-24-25-41-27-30(43-29(2)37)28-42-35-34(40)33(39)32(38)31(26-36)44-35/h9-10,12-13,15-16,30-36,38-40H,3-8,11,14,17-28H2,1-2H3/b10-9-,13-12-,16-15-. The quantitative estimate of drug-likeness (QED) is 0.0516. The zero-order valence-electron chi connectivity index (χ0n) is 27.4. The summed E-state index contributed by atoms with van der Waals surface area (Å²) < 4.78 is 21.7. The molecule has 0 aromatic rings. The number of aliphatic hydroxyl groups excluding tert-OH is 4. The van der Waals surface area contributed by atoms with E-state index in [1.807, 2.05) is 0 Å². The Bertz CT molecular complexity index is 767. The molecular weight excluding hydrogens is 564 g/mol. The average molecular weight is 627 g/mol. The van der Waals surface area contributed by atoms with Gasteiger partial charge in [0.05, 0.1) is 19.8 Å². The van der Waals surface area contributed by atoms with Gasteiger partial charge in [-0.15, -0.1) is 0 Å². The number of carbonyl (C=O) groups excluding carboxylic acids is 1. The molecule has 9 nitrogen and oxygen atoms in total. The lowest BCUT2D eigenvalue weighted by molar-refractivity contribution is -0.305. The molecule has 6 unspecified atom stereocenters. The maximum atomic E-state index is 11.5. The van der Waals surface area contributed by atoms with Gasteiger partial charge in [-0.25, -0.2) is 0 Å². The van der Waals surface area contributed by atoms with E-state index in [1.54, 1.807) is 0 Å². The third-order valence-electron chi connectivity index (χ3n) is 7.61. The summed E-state index contributed by atoms with van der Waals surface area (Å²) in [6, 6.07) is 0. The maximum absolute atomic E-state index is 11.5. The summed E-state index contributed by atoms with van der Waals surface area (Å²) in [4.78, 5) is 11.5. The Morgan fingerprint density at radius 2 is 1.27 bits per heavy atom. The van der Waals surface area contributed by atoms with E-state index in [9.17, 15) is 25.2 Å². The molecule has 9 heteroatoms. The SMILES string of the molecule is CCCCCCC/C=C\C/C=C\C/C=C\CCCCCCCCCOCC(COC1OC(CO)C(O)C(O)C1O)OC(C)=O. The molecule has 1 aliphatic heterocycles. The van der Waals surface area contributed by atoms with Crippen molar-refractivity contribution < 1.29 is 44.2 Å². The Morgan fingerprint density at radius 3 is 1.84 bits per heavy atom. The van der Waals surface area contributed by atoms with Crippen LogP contribution in [0.15, 0.2) is 36.5 Å². The highest BCUT2D eigenvalue weighted by Crippen LogP contribution is 2.22. The Kier molecular flexibility index (Phi) is 25.5. The minimum absolute atomic E-state index is 0.122. The van der Waals surface area contributed by atoms with E-state index in [0.29, 0.717) is 6.61 Å². The number of allylic oxidation sites excluding steroid dienone is 6. The fourth-order valence-corrected chi connectivity index (χ4v) is 4.97. The molecule has 6 atom stereocenters. The van der Waals surface area contributed by atoms with Crippen molar-refractivity contribution in [3.8, 4) is 0 Å². The summed E-state index contributed by atoms with van der Waals surface area (Å²) in [6.07, 6.45) is 25.3. The van der Waals surface area contributed by atoms with Crippen molar-refractivity contribution in [3.05, 3.63) is 36.5 Å². The molecule has 1 saturated heterocycles. The predicted molar refractivity (Wildman–Crippen MR) is 173 cm³/mol. The molecule has 1 aliphatic rings. The summed E-state index contributed by atoms with van der Waals surface area (Å²) in [5.74, 6) is -0.495. The zero-order chi connectivity index (χ0) is 32.3. The van der Waals surface area contributed by atoms with Crippen LogP contribution in [0.4, 0.5) is 0 Å². The summed E-state index contributed by atoms with van der Waals surface area (Å²) in [7, 11) is 0. The fourth-order valence-electron chi connectivity index (χ4n) is 4.97. The average Bonchev–Trinajstić information content (AvgIpc) is 3.01. The highest BCUT2D eigenvalue weighted by molar-refractivity contribution is 5.66. The third-order valence-corrected chi connectivity index (χ3v) is 7.61. The lowest BCUT2D eigenvalue weighted by Crippen LogP contribution is -2.59. The van der Waals surface area contributed by atoms with Gasteiger partial charge in [-0.05, 0) is 44.9 Å². The lowest BCUT2D eigenvalue weighted by Gasteiger charge is -2.39. The molecule has 256 valence electrons. The molecule has 1 rings (SSSR count). The topological polar surface area (TPSA) is 135 Å². The van der Waals surface area contributed by atoms with E-state index < -0.39 is 49.4 Å². The fraction of sp³-hybridized carbons (Fsp3) is 0.800. The predicted octanol–water partition coefficient (Wildman–Crippen LogP) is 5.68. The molecule has 0 aromatic carbocycles. The zero-order valence-corrected chi connectivity index (χ0v) is 27.4. The summed E-state index contributed by atoms with van der Waals surface area (Å²) in [5, 5.41) is 39.2. The first-order valence-electron chi connectivity index (χ1n) is 17.0. The summed E-state index contributed by atoms with van der Waals surface area (Å²) in [6.45, 7) is 3.51. The molecule has 4 N–H and O–H groups in total. The smallest absolute Gasteiger partial charge is 0.303 e.